The van der Waals surface area contributed by atoms with Gasteiger partial charge in [0.1, 0.15) is 0 Å². The van der Waals surface area contributed by atoms with Gasteiger partial charge in [0.2, 0.25) is 0 Å². The standard InChI is InChI=1S/C54H86N2S2.6CH3.2Sn/c1-5-9-13-17-21-23-27-31-35-45(33-29-25-19-15-11-7-3)43-55-49-37-39-57-53(49)47-42-52-48(41-51(47)55)54-50(38-40-58-54)56(52)44-46(34-30-26-20-16-12-8-4)36-32-28-24-22-18-14-10-6-2;;;;;;;;/h37-38,41-42,45-46H,5-36,43-44H2,1-4H3;6*1H3;;. The van der Waals surface area contributed by atoms with E-state index in [1.54, 1.807) is 48.0 Å². The van der Waals surface area contributed by atoms with Crippen molar-refractivity contribution in [2.45, 2.75) is 276 Å². The van der Waals surface area contributed by atoms with Crippen LogP contribution in [0.15, 0.2) is 24.3 Å². The fourth-order valence-electron chi connectivity index (χ4n) is 11.1. The molecule has 1 aromatic carbocycles. The number of benzene rings is 1. The van der Waals surface area contributed by atoms with Crippen LogP contribution in [-0.2, 0) is 13.1 Å². The molecule has 2 nitrogen and oxygen atoms in total. The van der Waals surface area contributed by atoms with Crippen molar-refractivity contribution in [1.29, 1.82) is 0 Å². The summed E-state index contributed by atoms with van der Waals surface area (Å²) in [6, 6.07) is 10.9. The predicted molar refractivity (Wildman–Crippen MR) is 312 cm³/mol. The molecule has 0 radical (unpaired) electrons. The first kappa shape index (κ1) is 56.7. The minimum atomic E-state index is -2.32. The topological polar surface area (TPSA) is 9.86 Å². The van der Waals surface area contributed by atoms with Gasteiger partial charge in [-0.15, -0.1) is 0 Å². The molecule has 4 heterocycles. The molecular weight excluding hydrogens is 1050 g/mol. The van der Waals surface area contributed by atoms with Crippen LogP contribution >= 0.6 is 22.7 Å². The Bertz CT molecular complexity index is 1930. The third-order valence-electron chi connectivity index (χ3n) is 15.4. The molecule has 0 aliphatic rings. The molecule has 0 saturated carbocycles. The summed E-state index contributed by atoms with van der Waals surface area (Å²) in [7, 11) is 0. The molecule has 374 valence electrons. The van der Waals surface area contributed by atoms with Crippen LogP contribution in [0.3, 0.4) is 0 Å². The van der Waals surface area contributed by atoms with Crippen LogP contribution in [0.4, 0.5) is 0 Å². The quantitative estimate of drug-likeness (QED) is 0.0275. The fourth-order valence-corrected chi connectivity index (χ4v) is 23.8. The van der Waals surface area contributed by atoms with E-state index < -0.39 is 36.8 Å². The van der Waals surface area contributed by atoms with Gasteiger partial charge < -0.3 is 0 Å². The summed E-state index contributed by atoms with van der Waals surface area (Å²) < 4.78 is 12.5. The Morgan fingerprint density at radius 3 is 0.864 bits per heavy atom. The summed E-state index contributed by atoms with van der Waals surface area (Å²) in [5.41, 5.74) is 6.23. The number of unbranched alkanes of at least 4 members (excludes halogenated alkanes) is 24. The van der Waals surface area contributed by atoms with Gasteiger partial charge in [-0.2, -0.15) is 0 Å². The first-order chi connectivity index (χ1) is 31.9. The van der Waals surface area contributed by atoms with Crippen molar-refractivity contribution < 1.29 is 0 Å². The van der Waals surface area contributed by atoms with Gasteiger partial charge in [0.25, 0.3) is 0 Å². The number of fused-ring (bicyclic) bond motifs is 6. The van der Waals surface area contributed by atoms with E-state index in [0.717, 1.165) is 11.8 Å². The average molecular weight is 1160 g/mol. The van der Waals surface area contributed by atoms with Gasteiger partial charge in [-0.25, -0.2) is 0 Å². The van der Waals surface area contributed by atoms with Gasteiger partial charge in [0, 0.05) is 0 Å². The summed E-state index contributed by atoms with van der Waals surface area (Å²) in [5.74, 6) is 1.53. The van der Waals surface area contributed by atoms with Crippen molar-refractivity contribution in [2.75, 3.05) is 0 Å². The zero-order chi connectivity index (χ0) is 47.4. The SMILES string of the molecule is CCCCCCCCCCC(CCCCCCCC)Cn1c2cc3c4s[c]([Sn]([CH3])([CH3])[CH3])cc4n(CC(CCCCCCCC)CCCCCCCCCC)c3cc2c2s[c]([Sn]([CH3])([CH3])[CH3])cc21. The van der Waals surface area contributed by atoms with Crippen molar-refractivity contribution in [3.05, 3.63) is 24.3 Å². The molecule has 4 aromatic heterocycles. The maximum atomic E-state index is 2.90. The van der Waals surface area contributed by atoms with Crippen LogP contribution in [0.1, 0.15) is 233 Å². The Morgan fingerprint density at radius 2 is 0.606 bits per heavy atom. The van der Waals surface area contributed by atoms with E-state index in [2.05, 4.69) is 113 Å². The summed E-state index contributed by atoms with van der Waals surface area (Å²) >= 11 is -0.229. The first-order valence-electron chi connectivity index (χ1n) is 28.9. The third-order valence-corrected chi connectivity index (χ3v) is 36.6. The summed E-state index contributed by atoms with van der Waals surface area (Å²) in [5, 5.41) is 3.12. The third kappa shape index (κ3) is 17.5. The van der Waals surface area contributed by atoms with Crippen molar-refractivity contribution in [3.63, 3.8) is 0 Å². The normalized spacial score (nSPS) is 13.7. The van der Waals surface area contributed by atoms with E-state index in [0.29, 0.717) is 0 Å². The molecule has 0 fully saturated rings. The zero-order valence-electron chi connectivity index (χ0n) is 45.2. The van der Waals surface area contributed by atoms with Gasteiger partial charge in [-0.3, -0.25) is 0 Å². The Balaban J connectivity index is 1.53. The Hall–Kier alpha value is -0.183. The fraction of sp³-hybridized carbons (Fsp3) is 0.767. The van der Waals surface area contributed by atoms with Crippen molar-refractivity contribution >= 4 is 107 Å². The van der Waals surface area contributed by atoms with Crippen LogP contribution in [-0.4, -0.2) is 45.9 Å². The molecular formula is C60H104N2S2Sn2. The van der Waals surface area contributed by atoms with Crippen LogP contribution < -0.4 is 5.79 Å². The van der Waals surface area contributed by atoms with E-state index in [-0.39, 0.29) is 0 Å². The molecule has 0 saturated heterocycles. The van der Waals surface area contributed by atoms with Crippen LogP contribution in [0, 0.1) is 11.8 Å². The Labute approximate surface area is 424 Å². The van der Waals surface area contributed by atoms with Crippen molar-refractivity contribution in [3.8, 4) is 0 Å². The molecule has 5 rings (SSSR count). The predicted octanol–water partition coefficient (Wildman–Crippen LogP) is 20.9. The molecule has 0 spiro atoms. The molecule has 2 unspecified atom stereocenters. The van der Waals surface area contributed by atoms with E-state index in [4.69, 9.17) is 0 Å². The van der Waals surface area contributed by atoms with Gasteiger partial charge in [0.15, 0.2) is 0 Å². The molecule has 6 heteroatoms. The summed E-state index contributed by atoms with van der Waals surface area (Å²) in [6.07, 6.45) is 45.1. The monoisotopic (exact) mass is 1160 g/mol. The van der Waals surface area contributed by atoms with Crippen LogP contribution in [0.2, 0.25) is 29.6 Å². The van der Waals surface area contributed by atoms with E-state index in [9.17, 15) is 0 Å². The zero-order valence-corrected chi connectivity index (χ0v) is 52.6. The Kier molecular flexibility index (Phi) is 25.8. The first-order valence-corrected chi connectivity index (χ1v) is 50.5. The molecule has 66 heavy (non-hydrogen) atoms. The number of aromatic nitrogens is 2. The average Bonchev–Trinajstić information content (AvgIpc) is 4.05. The molecule has 0 amide bonds. The molecule has 2 atom stereocenters. The van der Waals surface area contributed by atoms with Crippen molar-refractivity contribution in [2.24, 2.45) is 11.8 Å². The summed E-state index contributed by atoms with van der Waals surface area (Å²) in [6.45, 7) is 11.8. The molecule has 0 aliphatic carbocycles. The number of hydrogen-bond donors (Lipinski definition) is 0. The second kappa shape index (κ2) is 30.0. The molecule has 0 aliphatic heterocycles. The second-order valence-electron chi connectivity index (χ2n) is 23.6. The Morgan fingerprint density at radius 1 is 0.348 bits per heavy atom. The van der Waals surface area contributed by atoms with Gasteiger partial charge in [-0.05, 0) is 0 Å². The van der Waals surface area contributed by atoms with Crippen LogP contribution in [0.5, 0.6) is 0 Å². The van der Waals surface area contributed by atoms with Gasteiger partial charge in [0.05, 0.1) is 0 Å². The van der Waals surface area contributed by atoms with Gasteiger partial charge >= 0.3 is 350 Å². The molecule has 5 aromatic rings. The number of thiophene rings is 2. The second-order valence-corrected chi connectivity index (χ2v) is 56.6. The summed E-state index contributed by atoms with van der Waals surface area (Å²) in [4.78, 5) is 15.8. The van der Waals surface area contributed by atoms with E-state index in [1.165, 1.54) is 219 Å². The molecule has 0 N–H and O–H groups in total. The number of hydrogen-bond acceptors (Lipinski definition) is 2. The minimum absolute atomic E-state index is 0.763. The van der Waals surface area contributed by atoms with E-state index in [1.807, 2.05) is 0 Å². The van der Waals surface area contributed by atoms with E-state index >= 15 is 0 Å². The van der Waals surface area contributed by atoms with Crippen molar-refractivity contribution in [1.82, 2.24) is 9.13 Å². The number of nitrogens with zero attached hydrogens (tertiary/aromatic N) is 2. The van der Waals surface area contributed by atoms with Gasteiger partial charge in [-0.1, -0.05) is 79.1 Å². The number of rotatable bonds is 38. The molecule has 0 bridgehead atoms. The van der Waals surface area contributed by atoms with Crippen LogP contribution in [0.25, 0.3) is 42.2 Å². The maximum absolute atomic E-state index is 2.90.